The quantitative estimate of drug-likeness (QED) is 0.402. The van der Waals surface area contributed by atoms with Gasteiger partial charge in [-0.25, -0.2) is 4.79 Å². The van der Waals surface area contributed by atoms with E-state index in [4.69, 9.17) is 5.73 Å². The Kier molecular flexibility index (Phi) is 8.71. The number of aliphatic carboxylic acids is 1. The summed E-state index contributed by atoms with van der Waals surface area (Å²) in [4.78, 5) is 54.1. The Morgan fingerprint density at radius 3 is 2.23 bits per heavy atom. The van der Waals surface area contributed by atoms with Crippen molar-refractivity contribution in [1.82, 2.24) is 15.1 Å². The van der Waals surface area contributed by atoms with Crippen LogP contribution in [0.25, 0.3) is 0 Å². The van der Waals surface area contributed by atoms with Crippen LogP contribution in [0, 0.1) is 5.92 Å². The molecule has 0 bridgehead atoms. The smallest absolute Gasteiger partial charge is 0.326 e. The molecule has 4 unspecified atom stereocenters. The molecule has 0 aliphatic carbocycles. The first kappa shape index (κ1) is 26.5. The predicted molar refractivity (Wildman–Crippen MR) is 128 cm³/mol. The highest BCUT2D eigenvalue weighted by Crippen LogP contribution is 2.26. The molecule has 1 aromatic carbocycles. The third-order valence-corrected chi connectivity index (χ3v) is 6.69. The normalized spacial score (nSPS) is 21.7. The lowest BCUT2D eigenvalue weighted by Gasteiger charge is -2.33. The molecule has 10 heteroatoms. The van der Waals surface area contributed by atoms with E-state index in [9.17, 15) is 29.4 Å². The molecule has 10 nitrogen and oxygen atoms in total. The molecule has 2 heterocycles. The molecule has 0 radical (unpaired) electrons. The highest BCUT2D eigenvalue weighted by molar-refractivity contribution is 5.94. The highest BCUT2D eigenvalue weighted by Gasteiger charge is 2.43. The van der Waals surface area contributed by atoms with Gasteiger partial charge < -0.3 is 31.1 Å². The standard InChI is InChI=1S/C25H36N4O6/c1-15(2)13-19(27-22(31)18(26)14-16-7-9-17(30)10-8-16)23(32)28-11-3-5-20(28)24(33)29-12-4-6-21(29)25(34)35/h7-10,15,18-21,30H,3-6,11-14,26H2,1-2H3,(H,27,31)(H,34,35). The van der Waals surface area contributed by atoms with Gasteiger partial charge in [0.1, 0.15) is 23.9 Å². The van der Waals surface area contributed by atoms with Crippen molar-refractivity contribution in [2.45, 2.75) is 76.5 Å². The fourth-order valence-electron chi connectivity index (χ4n) is 4.92. The molecule has 2 saturated heterocycles. The maximum atomic E-state index is 13.5. The number of likely N-dealkylation sites (tertiary alicyclic amines) is 2. The van der Waals surface area contributed by atoms with Crippen LogP contribution in [-0.2, 0) is 25.6 Å². The van der Waals surface area contributed by atoms with Crippen molar-refractivity contribution in [3.63, 3.8) is 0 Å². The van der Waals surface area contributed by atoms with Gasteiger partial charge in [-0.3, -0.25) is 14.4 Å². The molecule has 0 saturated carbocycles. The van der Waals surface area contributed by atoms with Crippen LogP contribution in [0.1, 0.15) is 51.5 Å². The van der Waals surface area contributed by atoms with Gasteiger partial charge in [-0.05, 0) is 62.1 Å². The molecular weight excluding hydrogens is 452 g/mol. The molecule has 35 heavy (non-hydrogen) atoms. The summed E-state index contributed by atoms with van der Waals surface area (Å²) in [6.07, 6.45) is 2.76. The summed E-state index contributed by atoms with van der Waals surface area (Å²) in [5, 5.41) is 21.7. The Morgan fingerprint density at radius 2 is 1.63 bits per heavy atom. The fourth-order valence-corrected chi connectivity index (χ4v) is 4.92. The van der Waals surface area contributed by atoms with Crippen molar-refractivity contribution in [2.24, 2.45) is 11.7 Å². The Labute approximate surface area is 205 Å². The molecule has 2 aliphatic rings. The van der Waals surface area contributed by atoms with Gasteiger partial charge in [0.25, 0.3) is 0 Å². The number of nitrogens with one attached hydrogen (secondary N) is 1. The maximum absolute atomic E-state index is 13.5. The zero-order chi connectivity index (χ0) is 25.7. The van der Waals surface area contributed by atoms with Crippen molar-refractivity contribution < 1.29 is 29.4 Å². The van der Waals surface area contributed by atoms with E-state index in [1.807, 2.05) is 13.8 Å². The second kappa shape index (κ2) is 11.5. The summed E-state index contributed by atoms with van der Waals surface area (Å²) >= 11 is 0. The Morgan fingerprint density at radius 1 is 1.03 bits per heavy atom. The van der Waals surface area contributed by atoms with Crippen LogP contribution < -0.4 is 11.1 Å². The average Bonchev–Trinajstić information content (AvgIpc) is 3.49. The summed E-state index contributed by atoms with van der Waals surface area (Å²) < 4.78 is 0. The van der Waals surface area contributed by atoms with E-state index < -0.39 is 36.0 Å². The van der Waals surface area contributed by atoms with Crippen LogP contribution in [0.5, 0.6) is 5.75 Å². The van der Waals surface area contributed by atoms with E-state index in [1.165, 1.54) is 21.9 Å². The number of benzene rings is 1. The number of carboxylic acids is 1. The average molecular weight is 489 g/mol. The van der Waals surface area contributed by atoms with Crippen molar-refractivity contribution in [3.8, 4) is 5.75 Å². The Hall–Kier alpha value is -3.14. The topological polar surface area (TPSA) is 153 Å². The number of carbonyl (C=O) groups excluding carboxylic acids is 3. The van der Waals surface area contributed by atoms with Crippen LogP contribution in [-0.4, -0.2) is 81.0 Å². The minimum atomic E-state index is -1.03. The number of carboxylic acid groups (broad SMARTS) is 1. The number of carbonyl (C=O) groups is 4. The summed E-state index contributed by atoms with van der Waals surface area (Å²) in [5.74, 6) is -1.95. The summed E-state index contributed by atoms with van der Waals surface area (Å²) in [6, 6.07) is 3.10. The number of aromatic hydroxyl groups is 1. The monoisotopic (exact) mass is 488 g/mol. The Bertz CT molecular complexity index is 934. The van der Waals surface area contributed by atoms with E-state index in [0.717, 1.165) is 5.56 Å². The van der Waals surface area contributed by atoms with Crippen LogP contribution in [0.3, 0.4) is 0 Å². The van der Waals surface area contributed by atoms with Gasteiger partial charge >= 0.3 is 5.97 Å². The molecule has 5 N–H and O–H groups in total. The number of rotatable bonds is 9. The lowest BCUT2D eigenvalue weighted by atomic mass is 10.0. The summed E-state index contributed by atoms with van der Waals surface area (Å²) in [7, 11) is 0. The van der Waals surface area contributed by atoms with Gasteiger partial charge in [-0.2, -0.15) is 0 Å². The number of hydrogen-bond acceptors (Lipinski definition) is 6. The number of nitrogens with zero attached hydrogens (tertiary/aromatic N) is 2. The number of amides is 3. The fraction of sp³-hybridized carbons (Fsp3) is 0.600. The van der Waals surface area contributed by atoms with E-state index in [-0.39, 0.29) is 29.9 Å². The van der Waals surface area contributed by atoms with Crippen LogP contribution in [0.2, 0.25) is 0 Å². The number of hydrogen-bond donors (Lipinski definition) is 4. The van der Waals surface area contributed by atoms with Gasteiger partial charge in [0.2, 0.25) is 17.7 Å². The van der Waals surface area contributed by atoms with Crippen molar-refractivity contribution in [3.05, 3.63) is 29.8 Å². The first-order valence-electron chi connectivity index (χ1n) is 12.3. The molecule has 0 spiro atoms. The second-order valence-electron chi connectivity index (χ2n) is 9.89. The number of nitrogens with two attached hydrogens (primary N) is 1. The van der Waals surface area contributed by atoms with Crippen molar-refractivity contribution >= 4 is 23.7 Å². The van der Waals surface area contributed by atoms with Gasteiger partial charge in [0.05, 0.1) is 6.04 Å². The van der Waals surface area contributed by atoms with E-state index >= 15 is 0 Å². The molecule has 2 aliphatic heterocycles. The van der Waals surface area contributed by atoms with Gasteiger partial charge in [-0.1, -0.05) is 26.0 Å². The third kappa shape index (κ3) is 6.50. The molecule has 3 amide bonds. The van der Waals surface area contributed by atoms with Gasteiger partial charge in [0.15, 0.2) is 0 Å². The minimum absolute atomic E-state index is 0.101. The zero-order valence-electron chi connectivity index (χ0n) is 20.4. The van der Waals surface area contributed by atoms with E-state index in [0.29, 0.717) is 45.2 Å². The lowest BCUT2D eigenvalue weighted by molar-refractivity contribution is -0.152. The third-order valence-electron chi connectivity index (χ3n) is 6.69. The second-order valence-corrected chi connectivity index (χ2v) is 9.89. The zero-order valence-corrected chi connectivity index (χ0v) is 20.4. The van der Waals surface area contributed by atoms with E-state index in [1.54, 1.807) is 12.1 Å². The molecule has 1 aromatic rings. The molecule has 0 aromatic heterocycles. The van der Waals surface area contributed by atoms with E-state index in [2.05, 4.69) is 5.32 Å². The lowest BCUT2D eigenvalue weighted by Crippen LogP contribution is -2.57. The van der Waals surface area contributed by atoms with Gasteiger partial charge in [-0.15, -0.1) is 0 Å². The molecule has 4 atom stereocenters. The van der Waals surface area contributed by atoms with Crippen LogP contribution >= 0.6 is 0 Å². The predicted octanol–water partition coefficient (Wildman–Crippen LogP) is 0.860. The SMILES string of the molecule is CC(C)CC(NC(=O)C(N)Cc1ccc(O)cc1)C(=O)N1CCCC1C(=O)N1CCCC1C(=O)O. The molecule has 3 rings (SSSR count). The Balaban J connectivity index is 1.69. The first-order valence-corrected chi connectivity index (χ1v) is 12.3. The number of phenols is 1. The first-order chi connectivity index (χ1) is 16.6. The summed E-state index contributed by atoms with van der Waals surface area (Å²) in [5.41, 5.74) is 6.88. The molecular formula is C25H36N4O6. The number of phenolic OH excluding ortho intramolecular Hbond substituents is 1. The van der Waals surface area contributed by atoms with Gasteiger partial charge in [0, 0.05) is 13.1 Å². The maximum Gasteiger partial charge on any atom is 0.326 e. The highest BCUT2D eigenvalue weighted by atomic mass is 16.4. The van der Waals surface area contributed by atoms with Crippen molar-refractivity contribution in [2.75, 3.05) is 13.1 Å². The van der Waals surface area contributed by atoms with Crippen LogP contribution in [0.4, 0.5) is 0 Å². The van der Waals surface area contributed by atoms with Crippen molar-refractivity contribution in [1.29, 1.82) is 0 Å². The molecule has 2 fully saturated rings. The molecule has 192 valence electrons. The summed E-state index contributed by atoms with van der Waals surface area (Å²) in [6.45, 7) is 4.63. The minimum Gasteiger partial charge on any atom is -0.508 e. The largest absolute Gasteiger partial charge is 0.508 e. The van der Waals surface area contributed by atoms with Crippen LogP contribution in [0.15, 0.2) is 24.3 Å².